The Hall–Kier alpha value is -0.230. The Bertz CT molecular complexity index is 326. The van der Waals surface area contributed by atoms with E-state index in [2.05, 4.69) is 11.4 Å². The number of thioether (sulfide) groups is 1. The fraction of sp³-hybridized carbons (Fsp3) is 0.500. The fourth-order valence-corrected chi connectivity index (χ4v) is 3.22. The van der Waals surface area contributed by atoms with Crippen LogP contribution in [0.2, 0.25) is 0 Å². The van der Waals surface area contributed by atoms with E-state index in [-0.39, 0.29) is 24.4 Å². The van der Waals surface area contributed by atoms with E-state index < -0.39 is 0 Å². The molecular weight excluding hydrogens is 264 g/mol. The maximum absolute atomic E-state index is 11.9. The van der Waals surface area contributed by atoms with Crippen molar-refractivity contribution in [3.8, 4) is 0 Å². The van der Waals surface area contributed by atoms with Gasteiger partial charge in [0, 0.05) is 23.6 Å². The van der Waals surface area contributed by atoms with Gasteiger partial charge in [0.2, 0.25) is 5.91 Å². The highest BCUT2D eigenvalue weighted by atomic mass is 35.5. The van der Waals surface area contributed by atoms with Crippen LogP contribution in [-0.4, -0.2) is 35.5 Å². The molecule has 1 fully saturated rings. The summed E-state index contributed by atoms with van der Waals surface area (Å²) in [6.07, 6.45) is 0. The van der Waals surface area contributed by atoms with Crippen LogP contribution in [0.4, 0.5) is 0 Å². The summed E-state index contributed by atoms with van der Waals surface area (Å²) in [6.45, 7) is 0.722. The van der Waals surface area contributed by atoms with Crippen molar-refractivity contribution in [2.75, 3.05) is 18.7 Å². The largest absolute Gasteiger partial charge is 0.339 e. The van der Waals surface area contributed by atoms with E-state index in [0.717, 1.165) is 18.2 Å². The van der Waals surface area contributed by atoms with Crippen molar-refractivity contribution in [2.24, 2.45) is 0 Å². The lowest BCUT2D eigenvalue weighted by atomic mass is 10.3. The maximum Gasteiger partial charge on any atom is 0.240 e. The smallest absolute Gasteiger partial charge is 0.240 e. The van der Waals surface area contributed by atoms with E-state index in [4.69, 9.17) is 0 Å². The standard InChI is InChI=1S/C10H14N2OS2.ClH/c1-12(5-8-3-2-4-15-8)10(13)9-6-14-7-11-9;/h2-4,9,11H,5-7H2,1H3;1H/t9-;/m1./s1. The number of rotatable bonds is 3. The molecule has 0 saturated carbocycles. The molecule has 1 saturated heterocycles. The summed E-state index contributed by atoms with van der Waals surface area (Å²) in [7, 11) is 1.87. The molecule has 0 aliphatic carbocycles. The molecule has 1 N–H and O–H groups in total. The minimum Gasteiger partial charge on any atom is -0.339 e. The molecule has 3 nitrogen and oxygen atoms in total. The molecule has 1 aliphatic rings. The van der Waals surface area contributed by atoms with Crippen LogP contribution in [0.5, 0.6) is 0 Å². The van der Waals surface area contributed by atoms with E-state index in [1.54, 1.807) is 28.0 Å². The predicted molar refractivity (Wildman–Crippen MR) is 72.3 cm³/mol. The van der Waals surface area contributed by atoms with Gasteiger partial charge in [0.25, 0.3) is 0 Å². The summed E-state index contributed by atoms with van der Waals surface area (Å²) in [5, 5.41) is 5.23. The van der Waals surface area contributed by atoms with Gasteiger partial charge in [-0.2, -0.15) is 0 Å². The van der Waals surface area contributed by atoms with Gasteiger partial charge in [0.1, 0.15) is 0 Å². The second-order valence-electron chi connectivity index (χ2n) is 3.55. The van der Waals surface area contributed by atoms with E-state index in [1.165, 1.54) is 4.88 Å². The first-order valence-corrected chi connectivity index (χ1v) is 6.89. The van der Waals surface area contributed by atoms with Crippen molar-refractivity contribution in [3.05, 3.63) is 22.4 Å². The van der Waals surface area contributed by atoms with Crippen LogP contribution in [0.25, 0.3) is 0 Å². The third-order valence-corrected chi connectivity index (χ3v) is 4.16. The average molecular weight is 279 g/mol. The zero-order valence-electron chi connectivity index (χ0n) is 9.01. The first-order valence-electron chi connectivity index (χ1n) is 4.86. The summed E-state index contributed by atoms with van der Waals surface area (Å²) < 4.78 is 0. The first kappa shape index (κ1) is 13.8. The molecule has 2 heterocycles. The highest BCUT2D eigenvalue weighted by Gasteiger charge is 2.25. The fourth-order valence-electron chi connectivity index (χ4n) is 1.53. The van der Waals surface area contributed by atoms with Crippen LogP contribution in [0.1, 0.15) is 4.88 Å². The van der Waals surface area contributed by atoms with Crippen LogP contribution >= 0.6 is 35.5 Å². The summed E-state index contributed by atoms with van der Waals surface area (Å²) >= 11 is 3.47. The molecular formula is C10H15ClN2OS2. The lowest BCUT2D eigenvalue weighted by molar-refractivity contribution is -0.131. The second kappa shape index (κ2) is 6.49. The zero-order chi connectivity index (χ0) is 10.7. The average Bonchev–Trinajstić information content (AvgIpc) is 2.88. The molecule has 16 heavy (non-hydrogen) atoms. The normalized spacial score (nSPS) is 19.2. The first-order chi connectivity index (χ1) is 7.27. The number of halogens is 1. The van der Waals surface area contributed by atoms with Crippen LogP contribution in [0.15, 0.2) is 17.5 Å². The highest BCUT2D eigenvalue weighted by molar-refractivity contribution is 7.99. The number of carbonyl (C=O) groups is 1. The number of carbonyl (C=O) groups excluding carboxylic acids is 1. The number of amides is 1. The van der Waals surface area contributed by atoms with Crippen molar-refractivity contribution in [1.82, 2.24) is 10.2 Å². The van der Waals surface area contributed by atoms with Gasteiger partial charge in [0.15, 0.2) is 0 Å². The van der Waals surface area contributed by atoms with Gasteiger partial charge in [-0.3, -0.25) is 10.1 Å². The van der Waals surface area contributed by atoms with Crippen molar-refractivity contribution in [3.63, 3.8) is 0 Å². The second-order valence-corrected chi connectivity index (χ2v) is 5.61. The summed E-state index contributed by atoms with van der Waals surface area (Å²) in [5.74, 6) is 1.99. The lowest BCUT2D eigenvalue weighted by Gasteiger charge is -2.19. The Morgan fingerprint density at radius 3 is 3.06 bits per heavy atom. The number of nitrogens with zero attached hydrogens (tertiary/aromatic N) is 1. The van der Waals surface area contributed by atoms with Crippen molar-refractivity contribution < 1.29 is 4.79 Å². The van der Waals surface area contributed by atoms with Gasteiger partial charge in [0.05, 0.1) is 12.6 Å². The molecule has 0 bridgehead atoms. The Kier molecular flexibility index (Phi) is 5.61. The number of hydrogen-bond donors (Lipinski definition) is 1. The van der Waals surface area contributed by atoms with Crippen LogP contribution in [0.3, 0.4) is 0 Å². The summed E-state index contributed by atoms with van der Waals surface area (Å²) in [4.78, 5) is 15.0. The molecule has 0 unspecified atom stereocenters. The zero-order valence-corrected chi connectivity index (χ0v) is 11.5. The van der Waals surface area contributed by atoms with Crippen LogP contribution < -0.4 is 5.32 Å². The van der Waals surface area contributed by atoms with Gasteiger partial charge in [-0.05, 0) is 11.4 Å². The van der Waals surface area contributed by atoms with E-state index in [9.17, 15) is 4.79 Å². The van der Waals surface area contributed by atoms with E-state index in [0.29, 0.717) is 0 Å². The Balaban J connectivity index is 0.00000128. The SMILES string of the molecule is CN(Cc1cccs1)C(=O)[C@H]1CSCN1.Cl. The Morgan fingerprint density at radius 1 is 1.69 bits per heavy atom. The molecule has 2 rings (SSSR count). The molecule has 1 aromatic rings. The van der Waals surface area contributed by atoms with Crippen LogP contribution in [0, 0.1) is 0 Å². The summed E-state index contributed by atoms with van der Waals surface area (Å²) in [6, 6.07) is 4.09. The number of likely N-dealkylation sites (N-methyl/N-ethyl adjacent to an activating group) is 1. The number of hydrogen-bond acceptors (Lipinski definition) is 4. The minimum atomic E-state index is 0. The molecule has 0 spiro atoms. The lowest BCUT2D eigenvalue weighted by Crippen LogP contribution is -2.42. The minimum absolute atomic E-state index is 0. The third-order valence-electron chi connectivity index (χ3n) is 2.36. The van der Waals surface area contributed by atoms with Crippen molar-refractivity contribution in [1.29, 1.82) is 0 Å². The summed E-state index contributed by atoms with van der Waals surface area (Å²) in [5.41, 5.74) is 0. The highest BCUT2D eigenvalue weighted by Crippen LogP contribution is 2.15. The molecule has 1 amide bonds. The molecule has 90 valence electrons. The van der Waals surface area contributed by atoms with E-state index in [1.807, 2.05) is 18.5 Å². The van der Waals surface area contributed by atoms with Gasteiger partial charge in [-0.15, -0.1) is 35.5 Å². The molecule has 1 aromatic heterocycles. The molecule has 1 aliphatic heterocycles. The quantitative estimate of drug-likeness (QED) is 0.915. The van der Waals surface area contributed by atoms with Gasteiger partial charge < -0.3 is 4.90 Å². The topological polar surface area (TPSA) is 32.3 Å². The Labute approximate surface area is 110 Å². The Morgan fingerprint density at radius 2 is 2.50 bits per heavy atom. The van der Waals surface area contributed by atoms with Crippen molar-refractivity contribution in [2.45, 2.75) is 12.6 Å². The number of thiophene rings is 1. The van der Waals surface area contributed by atoms with E-state index >= 15 is 0 Å². The van der Waals surface area contributed by atoms with Gasteiger partial charge >= 0.3 is 0 Å². The van der Waals surface area contributed by atoms with Gasteiger partial charge in [-0.25, -0.2) is 0 Å². The monoisotopic (exact) mass is 278 g/mol. The molecule has 1 atom stereocenters. The predicted octanol–water partition coefficient (Wildman–Crippen LogP) is 1.79. The molecule has 0 aromatic carbocycles. The van der Waals surface area contributed by atoms with Gasteiger partial charge in [-0.1, -0.05) is 6.07 Å². The molecule has 6 heteroatoms. The third kappa shape index (κ3) is 3.38. The van der Waals surface area contributed by atoms with Crippen molar-refractivity contribution >= 4 is 41.4 Å². The molecule has 0 radical (unpaired) electrons. The maximum atomic E-state index is 11.9. The number of nitrogens with one attached hydrogen (secondary N) is 1. The van der Waals surface area contributed by atoms with Crippen LogP contribution in [-0.2, 0) is 11.3 Å².